The standard InChI is InChI=1S/C36H35F3N6O5/c1-17-5-8-27(36(37,38)39)41-32(17)42-33(48)31-24-6-7-26(19(24)3)45(31)28(47)16-44-30-18(2)11-21(13-25(30)29(43-44)20(4)46)22-12-23(15-40-14-22)35(9-10-35)34(49)50/h5,8,11-15,19,24,26,31H,6-7,9-10,16H2,1-4H3,(H,49,50)(H,41,42,48)/t19-,24?,26?,31-/m0/s1. The molecule has 2 saturated carbocycles. The zero-order chi connectivity index (χ0) is 35.9. The number of aromatic nitrogens is 4. The maximum Gasteiger partial charge on any atom is 0.433 e. The first-order chi connectivity index (χ1) is 23.6. The molecule has 3 aliphatic rings. The lowest BCUT2D eigenvalue weighted by Gasteiger charge is -2.34. The number of fused-ring (bicyclic) bond motifs is 3. The Morgan fingerprint density at radius 2 is 1.76 bits per heavy atom. The predicted molar refractivity (Wildman–Crippen MR) is 175 cm³/mol. The number of aryl methyl sites for hydroxylation is 2. The van der Waals surface area contributed by atoms with Crippen molar-refractivity contribution in [3.63, 3.8) is 0 Å². The van der Waals surface area contributed by atoms with Gasteiger partial charge in [0, 0.05) is 36.3 Å². The van der Waals surface area contributed by atoms with E-state index in [1.165, 1.54) is 22.6 Å². The summed E-state index contributed by atoms with van der Waals surface area (Å²) in [5.74, 6) is -2.63. The zero-order valence-corrected chi connectivity index (χ0v) is 27.8. The van der Waals surface area contributed by atoms with Crippen LogP contribution < -0.4 is 5.32 Å². The molecule has 2 aliphatic carbocycles. The van der Waals surface area contributed by atoms with E-state index in [0.717, 1.165) is 6.07 Å². The summed E-state index contributed by atoms with van der Waals surface area (Å²) in [6.45, 7) is 6.45. The smallest absolute Gasteiger partial charge is 0.433 e. The SMILES string of the molecule is CC(=O)c1nn(CC(=O)N2C3CCC([C@@H]3C)[C@H]2C(=O)Nc2nc(C(F)(F)F)ccc2C)c2c(C)cc(-c3cncc(C4(C(=O)O)CC4)c3)cc12. The van der Waals surface area contributed by atoms with Crippen molar-refractivity contribution in [1.29, 1.82) is 0 Å². The van der Waals surface area contributed by atoms with Gasteiger partial charge in [0.25, 0.3) is 0 Å². The van der Waals surface area contributed by atoms with Crippen molar-refractivity contribution < 1.29 is 37.5 Å². The number of carbonyl (C=O) groups excluding carboxylic acids is 3. The number of rotatable bonds is 8. The number of hydrogen-bond acceptors (Lipinski definition) is 7. The maximum atomic E-state index is 14.2. The van der Waals surface area contributed by atoms with E-state index >= 15 is 0 Å². The normalized spacial score (nSPS) is 22.2. The Hall–Kier alpha value is -5.14. The first kappa shape index (κ1) is 33.4. The molecule has 1 saturated heterocycles. The van der Waals surface area contributed by atoms with E-state index in [1.54, 1.807) is 31.5 Å². The number of ketones is 1. The summed E-state index contributed by atoms with van der Waals surface area (Å²) >= 11 is 0. The third-order valence-electron chi connectivity index (χ3n) is 10.8. The van der Waals surface area contributed by atoms with Crippen LogP contribution in [-0.2, 0) is 32.5 Å². The molecule has 50 heavy (non-hydrogen) atoms. The molecule has 14 heteroatoms. The molecule has 3 aromatic heterocycles. The number of pyridine rings is 2. The number of anilines is 1. The third kappa shape index (κ3) is 5.41. The molecule has 4 atom stereocenters. The number of nitrogens with one attached hydrogen (secondary N) is 1. The highest BCUT2D eigenvalue weighted by Gasteiger charge is 2.56. The van der Waals surface area contributed by atoms with Gasteiger partial charge in [0.15, 0.2) is 5.78 Å². The van der Waals surface area contributed by atoms with Crippen LogP contribution in [0.5, 0.6) is 0 Å². The first-order valence-electron chi connectivity index (χ1n) is 16.5. The molecule has 7 rings (SSSR count). The predicted octanol–water partition coefficient (Wildman–Crippen LogP) is 5.71. The van der Waals surface area contributed by atoms with Crippen LogP contribution in [0.25, 0.3) is 22.0 Å². The van der Waals surface area contributed by atoms with E-state index in [-0.39, 0.29) is 41.7 Å². The highest BCUT2D eigenvalue weighted by Crippen LogP contribution is 2.49. The number of Topliss-reactive ketones (excluding diaryl/α,β-unsaturated/α-hetero) is 1. The number of alkyl halides is 3. The number of aliphatic carboxylic acids is 1. The van der Waals surface area contributed by atoms with Crippen molar-refractivity contribution in [2.24, 2.45) is 11.8 Å². The maximum absolute atomic E-state index is 14.2. The number of likely N-dealkylation sites (tertiary alicyclic amines) is 1. The Bertz CT molecular complexity index is 2110. The Morgan fingerprint density at radius 3 is 2.42 bits per heavy atom. The fraction of sp³-hybridized carbons (Fsp3) is 0.417. The lowest BCUT2D eigenvalue weighted by atomic mass is 9.93. The van der Waals surface area contributed by atoms with Crippen LogP contribution in [0.1, 0.15) is 72.4 Å². The number of hydrogen-bond donors (Lipinski definition) is 2. The molecule has 11 nitrogen and oxygen atoms in total. The summed E-state index contributed by atoms with van der Waals surface area (Å²) in [6, 6.07) is 6.39. The van der Waals surface area contributed by atoms with Gasteiger partial charge in [-0.2, -0.15) is 18.3 Å². The molecular formula is C36H35F3N6O5. The van der Waals surface area contributed by atoms with Gasteiger partial charge in [-0.05, 0) is 97.9 Å². The molecule has 2 unspecified atom stereocenters. The molecule has 2 amide bonds. The van der Waals surface area contributed by atoms with Gasteiger partial charge < -0.3 is 15.3 Å². The molecule has 3 fully saturated rings. The van der Waals surface area contributed by atoms with Crippen molar-refractivity contribution in [3.05, 3.63) is 70.8 Å². The summed E-state index contributed by atoms with van der Waals surface area (Å²) in [5.41, 5.74) is 1.71. The van der Waals surface area contributed by atoms with Gasteiger partial charge in [-0.15, -0.1) is 0 Å². The van der Waals surface area contributed by atoms with Crippen LogP contribution in [0.4, 0.5) is 19.0 Å². The van der Waals surface area contributed by atoms with Crippen LogP contribution in [0.2, 0.25) is 0 Å². The number of halogens is 3. The van der Waals surface area contributed by atoms with Gasteiger partial charge in [0.05, 0.1) is 10.9 Å². The van der Waals surface area contributed by atoms with E-state index in [2.05, 4.69) is 20.4 Å². The van der Waals surface area contributed by atoms with Gasteiger partial charge in [-0.25, -0.2) is 4.98 Å². The van der Waals surface area contributed by atoms with Crippen LogP contribution in [0.15, 0.2) is 42.7 Å². The molecule has 2 bridgehead atoms. The molecule has 1 aromatic carbocycles. The van der Waals surface area contributed by atoms with Crippen LogP contribution in [0, 0.1) is 25.7 Å². The van der Waals surface area contributed by atoms with E-state index in [0.29, 0.717) is 64.4 Å². The minimum atomic E-state index is -4.69. The van der Waals surface area contributed by atoms with E-state index in [4.69, 9.17) is 0 Å². The third-order valence-corrected chi connectivity index (χ3v) is 10.8. The Kier molecular flexibility index (Phi) is 7.83. The van der Waals surface area contributed by atoms with Crippen LogP contribution >= 0.6 is 0 Å². The Labute approximate surface area is 284 Å². The number of carboxylic acid groups (broad SMARTS) is 1. The Balaban J connectivity index is 1.20. The molecule has 4 aromatic rings. The first-order valence-corrected chi connectivity index (χ1v) is 16.5. The lowest BCUT2D eigenvalue weighted by molar-refractivity contribution is -0.141. The van der Waals surface area contributed by atoms with Gasteiger partial charge in [-0.1, -0.05) is 13.0 Å². The van der Waals surface area contributed by atoms with Crippen LogP contribution in [0.3, 0.4) is 0 Å². The fourth-order valence-electron chi connectivity index (χ4n) is 7.98. The van der Waals surface area contributed by atoms with Gasteiger partial charge >= 0.3 is 12.1 Å². The monoisotopic (exact) mass is 688 g/mol. The number of piperidine rings is 1. The minimum Gasteiger partial charge on any atom is -0.481 e. The number of amides is 2. The van der Waals surface area contributed by atoms with Gasteiger partial charge in [-0.3, -0.25) is 28.8 Å². The van der Waals surface area contributed by atoms with Crippen molar-refractivity contribution >= 4 is 40.3 Å². The van der Waals surface area contributed by atoms with Crippen molar-refractivity contribution in [2.75, 3.05) is 5.32 Å². The quantitative estimate of drug-likeness (QED) is 0.224. The molecular weight excluding hydrogens is 653 g/mol. The highest BCUT2D eigenvalue weighted by molar-refractivity contribution is 6.07. The largest absolute Gasteiger partial charge is 0.481 e. The zero-order valence-electron chi connectivity index (χ0n) is 27.8. The lowest BCUT2D eigenvalue weighted by Crippen LogP contribution is -2.52. The molecule has 4 heterocycles. The number of nitrogens with zero attached hydrogens (tertiary/aromatic N) is 5. The molecule has 260 valence electrons. The highest BCUT2D eigenvalue weighted by atomic mass is 19.4. The summed E-state index contributed by atoms with van der Waals surface area (Å²) in [5, 5.41) is 17.4. The van der Waals surface area contributed by atoms with Crippen molar-refractivity contribution in [1.82, 2.24) is 24.6 Å². The van der Waals surface area contributed by atoms with E-state index in [1.807, 2.05) is 19.9 Å². The fourth-order valence-corrected chi connectivity index (χ4v) is 7.98. The molecule has 0 radical (unpaired) electrons. The van der Waals surface area contributed by atoms with Crippen molar-refractivity contribution in [3.8, 4) is 11.1 Å². The van der Waals surface area contributed by atoms with E-state index in [9.17, 15) is 37.5 Å². The second-order valence-corrected chi connectivity index (χ2v) is 13.9. The minimum absolute atomic E-state index is 0.0167. The number of carboxylic acids is 1. The van der Waals surface area contributed by atoms with Crippen molar-refractivity contribution in [2.45, 2.75) is 83.6 Å². The summed E-state index contributed by atoms with van der Waals surface area (Å²) in [6.07, 6.45) is 0.935. The summed E-state index contributed by atoms with van der Waals surface area (Å²) < 4.78 is 41.6. The average Bonchev–Trinajstić information content (AvgIpc) is 3.61. The Morgan fingerprint density at radius 1 is 1.02 bits per heavy atom. The number of benzene rings is 1. The van der Waals surface area contributed by atoms with Gasteiger partial charge in [0.1, 0.15) is 29.8 Å². The molecule has 2 N–H and O–H groups in total. The average molecular weight is 689 g/mol. The van der Waals surface area contributed by atoms with Gasteiger partial charge in [0.2, 0.25) is 11.8 Å². The topological polar surface area (TPSA) is 147 Å². The molecule has 1 aliphatic heterocycles. The molecule has 0 spiro atoms. The van der Waals surface area contributed by atoms with E-state index < -0.39 is 41.1 Å². The second kappa shape index (κ2) is 11.7. The summed E-state index contributed by atoms with van der Waals surface area (Å²) in [7, 11) is 0. The summed E-state index contributed by atoms with van der Waals surface area (Å²) in [4.78, 5) is 62.2. The second-order valence-electron chi connectivity index (χ2n) is 13.9. The van der Waals surface area contributed by atoms with Crippen LogP contribution in [-0.4, -0.2) is 65.4 Å². The number of carbonyl (C=O) groups is 4.